The summed E-state index contributed by atoms with van der Waals surface area (Å²) in [5.41, 5.74) is 1.30. The van der Waals surface area contributed by atoms with Crippen molar-refractivity contribution in [3.63, 3.8) is 0 Å². The molecule has 136 valence electrons. The molecule has 0 unspecified atom stereocenters. The minimum absolute atomic E-state index is 0.0866. The molecule has 4 aromatic rings. The molecule has 0 aliphatic carbocycles. The molecule has 0 saturated heterocycles. The van der Waals surface area contributed by atoms with Crippen LogP contribution in [0.4, 0.5) is 0 Å². The zero-order valence-electron chi connectivity index (χ0n) is 14.8. The normalized spacial score (nSPS) is 11.6. The fraction of sp³-hybridized carbons (Fsp3) is 0.0952. The highest BCUT2D eigenvalue weighted by Gasteiger charge is 2.22. The Bertz CT molecular complexity index is 1270. The van der Waals surface area contributed by atoms with Gasteiger partial charge in [-0.25, -0.2) is 4.98 Å². The summed E-state index contributed by atoms with van der Waals surface area (Å²) in [4.78, 5) is 4.52. The van der Waals surface area contributed by atoms with Crippen molar-refractivity contribution in [2.24, 2.45) is 0 Å². The Hall–Kier alpha value is -3.12. The molecule has 0 fully saturated rings. The number of pyridine rings is 1. The number of aryl methyl sites for hydroxylation is 1. The third-order valence-electron chi connectivity index (χ3n) is 4.36. The van der Waals surface area contributed by atoms with Gasteiger partial charge in [-0.2, -0.15) is 8.42 Å². The summed E-state index contributed by atoms with van der Waals surface area (Å²) < 4.78 is 37.0. The molecule has 1 heterocycles. The van der Waals surface area contributed by atoms with Gasteiger partial charge in [-0.05, 0) is 31.2 Å². The summed E-state index contributed by atoms with van der Waals surface area (Å²) in [6, 6.07) is 19.3. The minimum atomic E-state index is -4.06. The van der Waals surface area contributed by atoms with Gasteiger partial charge in [0.1, 0.15) is 16.2 Å². The predicted molar refractivity (Wildman–Crippen MR) is 105 cm³/mol. The average molecular weight is 379 g/mol. The van der Waals surface area contributed by atoms with E-state index in [-0.39, 0.29) is 10.6 Å². The first-order valence-corrected chi connectivity index (χ1v) is 9.77. The Kier molecular flexibility index (Phi) is 4.20. The fourth-order valence-electron chi connectivity index (χ4n) is 3.09. The third-order valence-corrected chi connectivity index (χ3v) is 5.65. The summed E-state index contributed by atoms with van der Waals surface area (Å²) in [7, 11) is -2.51. The van der Waals surface area contributed by atoms with Gasteiger partial charge in [0.15, 0.2) is 5.75 Å². The Morgan fingerprint density at radius 3 is 2.37 bits per heavy atom. The molecule has 0 N–H and O–H groups in total. The standard InChI is InChI=1S/C21H17NO4S/c1-14-10-11-15-6-5-9-19(21(15)22-14)26-27(23,24)20-13-12-18(25-2)16-7-3-4-8-17(16)20/h3-13H,1-2H3. The molecule has 0 aliphatic rings. The average Bonchev–Trinajstić information content (AvgIpc) is 2.67. The molecule has 0 amide bonds. The van der Waals surface area contributed by atoms with Gasteiger partial charge in [0.05, 0.1) is 7.11 Å². The number of para-hydroxylation sites is 1. The summed E-state index contributed by atoms with van der Waals surface area (Å²) in [6.45, 7) is 1.85. The van der Waals surface area contributed by atoms with E-state index in [2.05, 4.69) is 4.98 Å². The Balaban J connectivity index is 1.87. The molecule has 0 atom stereocenters. The van der Waals surface area contributed by atoms with E-state index in [1.165, 1.54) is 6.07 Å². The molecular weight excluding hydrogens is 362 g/mol. The van der Waals surface area contributed by atoms with E-state index < -0.39 is 10.1 Å². The fourth-order valence-corrected chi connectivity index (χ4v) is 4.23. The Morgan fingerprint density at radius 1 is 0.815 bits per heavy atom. The molecule has 4 rings (SSSR count). The van der Waals surface area contributed by atoms with Crippen molar-refractivity contribution in [1.29, 1.82) is 0 Å². The van der Waals surface area contributed by atoms with Crippen LogP contribution in [0.2, 0.25) is 0 Å². The van der Waals surface area contributed by atoms with Crippen LogP contribution < -0.4 is 8.92 Å². The molecule has 0 bridgehead atoms. The highest BCUT2D eigenvalue weighted by Crippen LogP contribution is 2.33. The van der Waals surface area contributed by atoms with Crippen LogP contribution in [-0.4, -0.2) is 20.5 Å². The van der Waals surface area contributed by atoms with Crippen molar-refractivity contribution in [3.05, 3.63) is 72.4 Å². The smallest absolute Gasteiger partial charge is 0.339 e. The van der Waals surface area contributed by atoms with Gasteiger partial charge in [-0.3, -0.25) is 0 Å². The monoisotopic (exact) mass is 379 g/mol. The van der Waals surface area contributed by atoms with Crippen LogP contribution in [-0.2, 0) is 10.1 Å². The topological polar surface area (TPSA) is 65.5 Å². The second-order valence-electron chi connectivity index (χ2n) is 6.13. The Morgan fingerprint density at radius 2 is 1.59 bits per heavy atom. The van der Waals surface area contributed by atoms with Crippen LogP contribution >= 0.6 is 0 Å². The van der Waals surface area contributed by atoms with Crippen LogP contribution in [0.15, 0.2) is 71.6 Å². The third kappa shape index (κ3) is 3.08. The maximum atomic E-state index is 13.1. The highest BCUT2D eigenvalue weighted by molar-refractivity contribution is 7.87. The first-order chi connectivity index (χ1) is 13.0. The first kappa shape index (κ1) is 17.3. The summed E-state index contributed by atoms with van der Waals surface area (Å²) in [6.07, 6.45) is 0. The molecule has 1 aromatic heterocycles. The molecule has 0 aliphatic heterocycles. The predicted octanol–water partition coefficient (Wildman–Crippen LogP) is 4.47. The van der Waals surface area contributed by atoms with Crippen LogP contribution in [0.25, 0.3) is 21.7 Å². The van der Waals surface area contributed by atoms with Crippen molar-refractivity contribution in [2.45, 2.75) is 11.8 Å². The van der Waals surface area contributed by atoms with E-state index in [4.69, 9.17) is 8.92 Å². The number of ether oxygens (including phenoxy) is 1. The molecule has 0 spiro atoms. The lowest BCUT2D eigenvalue weighted by Crippen LogP contribution is -2.11. The van der Waals surface area contributed by atoms with Crippen LogP contribution in [0.1, 0.15) is 5.69 Å². The minimum Gasteiger partial charge on any atom is -0.496 e. The number of fused-ring (bicyclic) bond motifs is 2. The number of hydrogen-bond acceptors (Lipinski definition) is 5. The molecule has 0 saturated carbocycles. The van der Waals surface area contributed by atoms with Crippen molar-refractivity contribution in [2.75, 3.05) is 7.11 Å². The van der Waals surface area contributed by atoms with Crippen molar-refractivity contribution in [1.82, 2.24) is 4.98 Å². The molecule has 6 heteroatoms. The van der Waals surface area contributed by atoms with Crippen LogP contribution in [0, 0.1) is 6.92 Å². The Labute approximate surface area is 157 Å². The zero-order chi connectivity index (χ0) is 19.0. The number of aromatic nitrogens is 1. The number of benzene rings is 3. The lowest BCUT2D eigenvalue weighted by Gasteiger charge is -2.13. The van der Waals surface area contributed by atoms with Crippen LogP contribution in [0.3, 0.4) is 0 Å². The summed E-state index contributed by atoms with van der Waals surface area (Å²) in [5, 5.41) is 2.06. The second kappa shape index (κ2) is 6.55. The van der Waals surface area contributed by atoms with Gasteiger partial charge in [-0.1, -0.05) is 42.5 Å². The van der Waals surface area contributed by atoms with Gasteiger partial charge in [0.25, 0.3) is 0 Å². The van der Waals surface area contributed by atoms with E-state index in [1.54, 1.807) is 37.4 Å². The molecule has 5 nitrogen and oxygen atoms in total. The second-order valence-corrected chi connectivity index (χ2v) is 7.64. The molecule has 0 radical (unpaired) electrons. The number of nitrogens with zero attached hydrogens (tertiary/aromatic N) is 1. The maximum Gasteiger partial charge on any atom is 0.339 e. The SMILES string of the molecule is COc1ccc(S(=O)(=O)Oc2cccc3ccc(C)nc23)c2ccccc12. The molecular formula is C21H17NO4S. The lowest BCUT2D eigenvalue weighted by molar-refractivity contribution is 0.419. The van der Waals surface area contributed by atoms with Gasteiger partial charge >= 0.3 is 10.1 Å². The van der Waals surface area contributed by atoms with E-state index >= 15 is 0 Å². The van der Waals surface area contributed by atoms with Crippen molar-refractivity contribution in [3.8, 4) is 11.5 Å². The first-order valence-electron chi connectivity index (χ1n) is 8.36. The molecule has 27 heavy (non-hydrogen) atoms. The molecule has 3 aromatic carbocycles. The summed E-state index contributed by atoms with van der Waals surface area (Å²) in [5.74, 6) is 0.808. The van der Waals surface area contributed by atoms with Gasteiger partial charge in [0, 0.05) is 21.9 Å². The van der Waals surface area contributed by atoms with Crippen LogP contribution in [0.5, 0.6) is 11.5 Å². The van der Waals surface area contributed by atoms with Gasteiger partial charge < -0.3 is 8.92 Å². The van der Waals surface area contributed by atoms with Crippen molar-refractivity contribution < 1.29 is 17.3 Å². The van der Waals surface area contributed by atoms with Gasteiger partial charge in [-0.15, -0.1) is 0 Å². The van der Waals surface area contributed by atoms with E-state index in [9.17, 15) is 8.42 Å². The largest absolute Gasteiger partial charge is 0.496 e. The quantitative estimate of drug-likeness (QED) is 0.489. The lowest BCUT2D eigenvalue weighted by atomic mass is 10.1. The van der Waals surface area contributed by atoms with Gasteiger partial charge in [0.2, 0.25) is 0 Å². The van der Waals surface area contributed by atoms with E-state index in [1.807, 2.05) is 37.3 Å². The highest BCUT2D eigenvalue weighted by atomic mass is 32.2. The number of rotatable bonds is 4. The van der Waals surface area contributed by atoms with Crippen molar-refractivity contribution >= 4 is 31.8 Å². The van der Waals surface area contributed by atoms with E-state index in [0.29, 0.717) is 22.0 Å². The zero-order valence-corrected chi connectivity index (χ0v) is 15.7. The number of methoxy groups -OCH3 is 1. The maximum absolute atomic E-state index is 13.1. The number of hydrogen-bond donors (Lipinski definition) is 0. The van der Waals surface area contributed by atoms with E-state index in [0.717, 1.165) is 11.1 Å². The summed E-state index contributed by atoms with van der Waals surface area (Å²) >= 11 is 0.